The molecule has 0 amide bonds. The Labute approximate surface area is 157 Å². The van der Waals surface area contributed by atoms with Crippen molar-refractivity contribution in [1.29, 1.82) is 0 Å². The van der Waals surface area contributed by atoms with Crippen LogP contribution in [0.4, 0.5) is 0 Å². The van der Waals surface area contributed by atoms with Crippen LogP contribution in [-0.4, -0.2) is 53.0 Å². The molecule has 0 aliphatic heterocycles. The number of quaternary nitrogens is 1. The van der Waals surface area contributed by atoms with Crippen LogP contribution in [0, 0.1) is 0 Å². The van der Waals surface area contributed by atoms with Crippen molar-refractivity contribution in [3.8, 4) is 0 Å². The van der Waals surface area contributed by atoms with Gasteiger partial charge < -0.3 is 24.6 Å². The zero-order valence-corrected chi connectivity index (χ0v) is 15.2. The van der Waals surface area contributed by atoms with E-state index >= 15 is 0 Å². The molecule has 0 saturated heterocycles. The van der Waals surface area contributed by atoms with Crippen molar-refractivity contribution >= 4 is 11.9 Å². The van der Waals surface area contributed by atoms with E-state index in [0.29, 0.717) is 30.4 Å². The Morgan fingerprint density at radius 2 is 1.58 bits per heavy atom. The Morgan fingerprint density at radius 1 is 1.00 bits per heavy atom. The number of carbonyl (C=O) groups excluding carboxylic acids is 1. The molecule has 1 atom stereocenters. The molecule has 0 fully saturated rings. The van der Waals surface area contributed by atoms with Crippen LogP contribution >= 0.6 is 0 Å². The summed E-state index contributed by atoms with van der Waals surface area (Å²) >= 11 is 0. The average Bonchev–Trinajstić information content (AvgIpc) is 2.49. The number of aliphatic hydroxyl groups excluding tert-OH is 1. The van der Waals surface area contributed by atoms with Crippen molar-refractivity contribution in [1.82, 2.24) is 0 Å². The number of nitrogens with zero attached hydrogens (tertiary/aromatic N) is 1. The van der Waals surface area contributed by atoms with Gasteiger partial charge in [0.2, 0.25) is 0 Å². The smallest absolute Gasteiger partial charge is 0.550 e. The molecule has 0 spiro atoms. The molecule has 7 heteroatoms. The maximum atomic E-state index is 10.7. The van der Waals surface area contributed by atoms with Gasteiger partial charge in [-0.05, 0) is 39.0 Å². The van der Waals surface area contributed by atoms with Gasteiger partial charge in [0.05, 0.1) is 26.1 Å². The van der Waals surface area contributed by atoms with Crippen LogP contribution < -0.4 is 24.0 Å². The zero-order valence-electron chi connectivity index (χ0n) is 15.2. The van der Waals surface area contributed by atoms with Gasteiger partial charge >= 0.3 is 24.8 Å². The normalized spacial score (nSPS) is 13.4. The third kappa shape index (κ3) is 13.6. The van der Waals surface area contributed by atoms with E-state index in [4.69, 9.17) is 5.11 Å². The fourth-order valence-electron chi connectivity index (χ4n) is 2.72. The minimum absolute atomic E-state index is 0. The van der Waals surface area contributed by atoms with Gasteiger partial charge in [0.1, 0.15) is 0 Å². The minimum Gasteiger partial charge on any atom is -0.550 e. The minimum atomic E-state index is -1.09. The van der Waals surface area contributed by atoms with Gasteiger partial charge in [-0.25, -0.2) is 0 Å². The molecule has 1 unspecified atom stereocenters. The Hall–Kier alpha value is -0.803. The molecule has 0 aromatic heterocycles. The van der Waals surface area contributed by atoms with Crippen LogP contribution in [-0.2, 0) is 9.59 Å². The van der Waals surface area contributed by atoms with Crippen LogP contribution in [0.5, 0.6) is 0 Å². The second-order valence-corrected chi connectivity index (χ2v) is 6.05. The maximum Gasteiger partial charge on any atom is 1.00 e. The number of carboxylic acids is 2. The van der Waals surface area contributed by atoms with Gasteiger partial charge in [-0.15, -0.1) is 0 Å². The summed E-state index contributed by atoms with van der Waals surface area (Å²) in [5.41, 5.74) is 0. The van der Waals surface area contributed by atoms with Crippen LogP contribution in [0.2, 0.25) is 0 Å². The number of allylic oxidation sites excluding steroid dienone is 2. The third-order valence-electron chi connectivity index (χ3n) is 4.08. The van der Waals surface area contributed by atoms with E-state index in [0.717, 1.165) is 32.2 Å². The van der Waals surface area contributed by atoms with E-state index in [1.165, 1.54) is 0 Å². The topological polar surface area (TPSA) is 97.7 Å². The first-order valence-electron chi connectivity index (χ1n) is 8.44. The Kier molecular flexibility index (Phi) is 16.7. The van der Waals surface area contributed by atoms with E-state index in [1.54, 1.807) is 0 Å². The summed E-state index contributed by atoms with van der Waals surface area (Å²) < 4.78 is 0.379. The van der Waals surface area contributed by atoms with E-state index in [9.17, 15) is 19.8 Å². The van der Waals surface area contributed by atoms with Gasteiger partial charge in [-0.3, -0.25) is 4.79 Å². The summed E-state index contributed by atoms with van der Waals surface area (Å²) in [5.74, 6) is -1.93. The second kappa shape index (κ2) is 15.7. The molecule has 134 valence electrons. The molecule has 0 aliphatic rings. The molecule has 0 rings (SSSR count). The summed E-state index contributed by atoms with van der Waals surface area (Å²) in [7, 11) is 0. The van der Waals surface area contributed by atoms with Gasteiger partial charge in [-0.1, -0.05) is 12.2 Å². The van der Waals surface area contributed by atoms with Crippen LogP contribution in [0.1, 0.15) is 58.3 Å². The van der Waals surface area contributed by atoms with E-state index in [2.05, 4.69) is 6.08 Å². The number of hydrogen-bond donors (Lipinski definition) is 2. The first kappa shape index (κ1) is 25.4. The van der Waals surface area contributed by atoms with Crippen LogP contribution in [0.15, 0.2) is 12.2 Å². The molecule has 0 radical (unpaired) electrons. The summed E-state index contributed by atoms with van der Waals surface area (Å²) in [5, 5.41) is 29.1. The molecule has 6 nitrogen and oxygen atoms in total. The maximum absolute atomic E-state index is 10.7. The SMILES string of the molecule is C/C=C/CCCCC[N+](CO)(CCCC(=O)[O-])CCCC(=O)O.[Li+]. The number of carboxylic acid groups (broad SMARTS) is 2. The molecule has 0 aliphatic carbocycles. The van der Waals surface area contributed by atoms with Crippen LogP contribution in [0.3, 0.4) is 0 Å². The predicted molar refractivity (Wildman–Crippen MR) is 86.3 cm³/mol. The molecular weight excluding hydrogens is 305 g/mol. The molecule has 0 bridgehead atoms. The largest absolute Gasteiger partial charge is 1.00 e. The number of aliphatic hydroxyl groups is 1. The van der Waals surface area contributed by atoms with Gasteiger partial charge in [0.15, 0.2) is 6.73 Å². The average molecular weight is 336 g/mol. The summed E-state index contributed by atoms with van der Waals surface area (Å²) in [6.07, 6.45) is 9.24. The third-order valence-corrected chi connectivity index (χ3v) is 4.08. The van der Waals surface area contributed by atoms with Crippen molar-refractivity contribution in [2.45, 2.75) is 58.3 Å². The molecule has 0 heterocycles. The first-order chi connectivity index (χ1) is 11.0. The number of unbranched alkanes of at least 4 members (excludes halogenated alkanes) is 3. The first-order valence-corrected chi connectivity index (χ1v) is 8.44. The van der Waals surface area contributed by atoms with Crippen molar-refractivity contribution in [3.63, 3.8) is 0 Å². The van der Waals surface area contributed by atoms with Crippen molar-refractivity contribution in [2.75, 3.05) is 26.4 Å². The Balaban J connectivity index is 0. The van der Waals surface area contributed by atoms with Gasteiger partial charge in [0.25, 0.3) is 0 Å². The Morgan fingerprint density at radius 3 is 2.08 bits per heavy atom. The van der Waals surface area contributed by atoms with Crippen LogP contribution in [0.25, 0.3) is 0 Å². The van der Waals surface area contributed by atoms with E-state index in [1.807, 2.05) is 13.0 Å². The second-order valence-electron chi connectivity index (χ2n) is 6.05. The van der Waals surface area contributed by atoms with Crippen molar-refractivity contribution in [3.05, 3.63) is 12.2 Å². The van der Waals surface area contributed by atoms with E-state index < -0.39 is 11.9 Å². The molecule has 0 saturated carbocycles. The Bertz CT molecular complexity index is 354. The summed E-state index contributed by atoms with van der Waals surface area (Å²) in [4.78, 5) is 21.2. The molecule has 0 aromatic carbocycles. The monoisotopic (exact) mass is 336 g/mol. The molecule has 2 N–H and O–H groups in total. The molecule has 24 heavy (non-hydrogen) atoms. The van der Waals surface area contributed by atoms with E-state index in [-0.39, 0.29) is 38.4 Å². The van der Waals surface area contributed by atoms with Gasteiger partial charge in [0, 0.05) is 18.8 Å². The molecular formula is C17H31LiNO5+. The fraction of sp³-hybridized carbons (Fsp3) is 0.765. The predicted octanol–water partition coefficient (Wildman–Crippen LogP) is -1.71. The number of hydrogen-bond acceptors (Lipinski definition) is 4. The summed E-state index contributed by atoms with van der Waals surface area (Å²) in [6.45, 7) is 3.76. The van der Waals surface area contributed by atoms with Crippen molar-refractivity contribution in [2.24, 2.45) is 0 Å². The number of aliphatic carboxylic acids is 2. The number of rotatable bonds is 15. The fourth-order valence-corrected chi connectivity index (χ4v) is 2.72. The zero-order chi connectivity index (χ0) is 17.6. The quantitative estimate of drug-likeness (QED) is 0.122. The number of carbonyl (C=O) groups is 2. The van der Waals surface area contributed by atoms with Crippen molar-refractivity contribution < 1.29 is 48.3 Å². The molecule has 0 aromatic rings. The van der Waals surface area contributed by atoms with Gasteiger partial charge in [-0.2, -0.15) is 0 Å². The standard InChI is InChI=1S/C17H31NO5.Li/c1-2-3-4-5-6-7-12-18(15-19,13-8-10-16(20)21)14-9-11-17(22)23;/h2-3,19H,4-15H2,1H3,(H-,20,21,22,23);/q;+1/b3-2+;. The summed E-state index contributed by atoms with van der Waals surface area (Å²) in [6, 6.07) is 0.